The number of carbonyl (C=O) groups excluding carboxylic acids is 2. The average molecular weight is 470 g/mol. The van der Waals surface area contributed by atoms with Gasteiger partial charge in [0.15, 0.2) is 0 Å². The van der Waals surface area contributed by atoms with Crippen LogP contribution in [0.15, 0.2) is 23.3 Å². The summed E-state index contributed by atoms with van der Waals surface area (Å²) in [6.45, 7) is 0. The van der Waals surface area contributed by atoms with Crippen LogP contribution in [0.4, 0.5) is 5.69 Å². The van der Waals surface area contributed by atoms with Crippen LogP contribution in [0.5, 0.6) is 0 Å². The number of halogens is 1. The summed E-state index contributed by atoms with van der Waals surface area (Å²) in [4.78, 5) is 29.9. The smallest absolute Gasteiger partial charge is 0.338 e. The minimum atomic E-state index is -0.502. The van der Waals surface area contributed by atoms with E-state index in [2.05, 4.69) is 14.9 Å². The second-order valence-corrected chi connectivity index (χ2v) is 7.71. The van der Waals surface area contributed by atoms with E-state index in [1.54, 1.807) is 18.2 Å². The molecule has 3 rings (SSSR count). The van der Waals surface area contributed by atoms with E-state index in [-0.39, 0.29) is 12.0 Å². The Morgan fingerprint density at radius 2 is 2.15 bits per heavy atom. The van der Waals surface area contributed by atoms with Crippen molar-refractivity contribution in [3.63, 3.8) is 0 Å². The number of ether oxygens (including phenoxy) is 2. The van der Waals surface area contributed by atoms with Gasteiger partial charge in [-0.2, -0.15) is 0 Å². The van der Waals surface area contributed by atoms with E-state index >= 15 is 0 Å². The molecule has 2 fully saturated rings. The Bertz CT molecular complexity index is 780. The molecule has 2 aliphatic heterocycles. The molecule has 2 bridgehead atoms. The molecule has 0 N–H and O–H groups in total. The van der Waals surface area contributed by atoms with Crippen LogP contribution in [-0.4, -0.2) is 49.2 Å². The highest BCUT2D eigenvalue weighted by Crippen LogP contribution is 2.40. The molecule has 0 amide bonds. The van der Waals surface area contributed by atoms with Crippen molar-refractivity contribution >= 4 is 40.2 Å². The maximum absolute atomic E-state index is 12.6. The molecule has 138 valence electrons. The van der Waals surface area contributed by atoms with Crippen LogP contribution >= 0.6 is 22.6 Å². The number of carbonyl (C=O) groups is 2. The van der Waals surface area contributed by atoms with Gasteiger partial charge in [0.2, 0.25) is 0 Å². The molecule has 2 aliphatic rings. The predicted octanol–water partition coefficient (Wildman–Crippen LogP) is 3.41. The summed E-state index contributed by atoms with van der Waals surface area (Å²) in [7, 11) is 3.37. The zero-order chi connectivity index (χ0) is 18.8. The molecule has 0 aromatic heterocycles. The summed E-state index contributed by atoms with van der Waals surface area (Å²) in [6.07, 6.45) is 2.00. The number of methoxy groups -OCH3 is 1. The van der Waals surface area contributed by atoms with Crippen molar-refractivity contribution < 1.29 is 19.1 Å². The lowest BCUT2D eigenvalue weighted by atomic mass is 9.87. The van der Waals surface area contributed by atoms with Gasteiger partial charge in [-0.15, -0.1) is 0 Å². The van der Waals surface area contributed by atoms with Crippen molar-refractivity contribution in [1.82, 2.24) is 4.90 Å². The summed E-state index contributed by atoms with van der Waals surface area (Å²) >= 11 is 2.00. The van der Waals surface area contributed by atoms with Gasteiger partial charge in [-0.3, -0.25) is 9.69 Å². The zero-order valence-corrected chi connectivity index (χ0v) is 16.6. The highest BCUT2D eigenvalue weighted by molar-refractivity contribution is 14.1. The molecule has 9 heteroatoms. The van der Waals surface area contributed by atoms with Crippen molar-refractivity contribution in [3.05, 3.63) is 37.8 Å². The van der Waals surface area contributed by atoms with E-state index in [9.17, 15) is 9.59 Å². The molecule has 26 heavy (non-hydrogen) atoms. The van der Waals surface area contributed by atoms with Crippen LogP contribution in [0.1, 0.15) is 29.6 Å². The van der Waals surface area contributed by atoms with Crippen LogP contribution in [0.25, 0.3) is 10.4 Å². The van der Waals surface area contributed by atoms with E-state index in [1.807, 2.05) is 29.6 Å². The van der Waals surface area contributed by atoms with Crippen molar-refractivity contribution in [3.8, 4) is 0 Å². The molecule has 4 atom stereocenters. The van der Waals surface area contributed by atoms with Gasteiger partial charge in [0.05, 0.1) is 18.4 Å². The van der Waals surface area contributed by atoms with Gasteiger partial charge >= 0.3 is 11.9 Å². The number of benzene rings is 1. The lowest BCUT2D eigenvalue weighted by Gasteiger charge is -2.40. The van der Waals surface area contributed by atoms with Crippen LogP contribution in [0.3, 0.4) is 0 Å². The fourth-order valence-corrected chi connectivity index (χ4v) is 4.58. The van der Waals surface area contributed by atoms with Gasteiger partial charge < -0.3 is 9.47 Å². The van der Waals surface area contributed by atoms with Gasteiger partial charge in [-0.1, -0.05) is 11.2 Å². The van der Waals surface area contributed by atoms with E-state index in [0.717, 1.165) is 12.8 Å². The molecule has 0 aliphatic carbocycles. The molecule has 1 aromatic carbocycles. The Labute approximate surface area is 164 Å². The summed E-state index contributed by atoms with van der Waals surface area (Å²) in [5.41, 5.74) is 9.35. The Morgan fingerprint density at radius 3 is 2.81 bits per heavy atom. The van der Waals surface area contributed by atoms with E-state index in [4.69, 9.17) is 15.0 Å². The van der Waals surface area contributed by atoms with E-state index in [0.29, 0.717) is 27.3 Å². The summed E-state index contributed by atoms with van der Waals surface area (Å²) in [5.74, 6) is -1.30. The number of nitrogens with zero attached hydrogens (tertiary/aromatic N) is 4. The Balaban J connectivity index is 1.80. The van der Waals surface area contributed by atoms with Crippen molar-refractivity contribution in [2.75, 3.05) is 14.2 Å². The minimum Gasteiger partial charge on any atom is -0.469 e. The maximum Gasteiger partial charge on any atom is 0.338 e. The normalized spacial score (nSPS) is 27.5. The van der Waals surface area contributed by atoms with Crippen molar-refractivity contribution in [2.24, 2.45) is 11.0 Å². The molecule has 0 spiro atoms. The number of azide groups is 1. The Hall–Kier alpha value is -1.84. The first-order valence-electron chi connectivity index (χ1n) is 8.31. The molecule has 0 saturated carbocycles. The molecule has 2 heterocycles. The first-order chi connectivity index (χ1) is 12.5. The Kier molecular flexibility index (Phi) is 5.69. The third-order valence-corrected chi connectivity index (χ3v) is 6.15. The van der Waals surface area contributed by atoms with Crippen LogP contribution in [0.2, 0.25) is 0 Å². The number of hydrogen-bond donors (Lipinski definition) is 0. The predicted molar refractivity (Wildman–Crippen MR) is 102 cm³/mol. The topological polar surface area (TPSA) is 105 Å². The highest BCUT2D eigenvalue weighted by atomic mass is 127. The average Bonchev–Trinajstić information content (AvgIpc) is 2.86. The minimum absolute atomic E-state index is 0.0338. The molecule has 3 unspecified atom stereocenters. The quantitative estimate of drug-likeness (QED) is 0.221. The molecule has 8 nitrogen and oxygen atoms in total. The SMILES string of the molecule is COC(=O)C1C(OC(=O)c2ccc(N=[N+]=[N-])c(I)c2)CC2CC[C@H]1N2C. The third kappa shape index (κ3) is 3.51. The second-order valence-electron chi connectivity index (χ2n) is 6.55. The third-order valence-electron chi connectivity index (χ3n) is 5.28. The fraction of sp³-hybridized carbons (Fsp3) is 0.529. The second kappa shape index (κ2) is 7.81. The molecule has 0 radical (unpaired) electrons. The van der Waals surface area contributed by atoms with Crippen LogP contribution in [0, 0.1) is 9.49 Å². The van der Waals surface area contributed by atoms with Gasteiger partial charge in [-0.25, -0.2) is 4.79 Å². The summed E-state index contributed by atoms with van der Waals surface area (Å²) in [5, 5.41) is 3.56. The maximum atomic E-state index is 12.6. The number of hydrogen-bond acceptors (Lipinski definition) is 6. The standard InChI is InChI=1S/C17H19IN4O4/c1-22-10-4-6-13(22)15(17(24)25-2)14(8-10)26-16(23)9-3-5-12(20-21-19)11(18)7-9/h3,5,7,10,13-15H,4,6,8H2,1-2H3/t10?,13-,14?,15?/m1/s1. The molecule has 1 aromatic rings. The van der Waals surface area contributed by atoms with Crippen molar-refractivity contribution in [2.45, 2.75) is 37.5 Å². The van der Waals surface area contributed by atoms with Gasteiger partial charge in [0.1, 0.15) is 12.0 Å². The lowest BCUT2D eigenvalue weighted by molar-refractivity contribution is -0.156. The van der Waals surface area contributed by atoms with Gasteiger partial charge in [-0.05, 0) is 60.1 Å². The molecule has 2 saturated heterocycles. The number of esters is 2. The Morgan fingerprint density at radius 1 is 1.38 bits per heavy atom. The monoisotopic (exact) mass is 470 g/mol. The summed E-state index contributed by atoms with van der Waals surface area (Å²) < 4.78 is 11.3. The van der Waals surface area contributed by atoms with Crippen LogP contribution < -0.4 is 0 Å². The van der Waals surface area contributed by atoms with Gasteiger partial charge in [0.25, 0.3) is 0 Å². The van der Waals surface area contributed by atoms with Crippen LogP contribution in [-0.2, 0) is 14.3 Å². The van der Waals surface area contributed by atoms with Crippen molar-refractivity contribution in [1.29, 1.82) is 0 Å². The molecular formula is C17H19IN4O4. The largest absolute Gasteiger partial charge is 0.469 e. The highest BCUT2D eigenvalue weighted by Gasteiger charge is 2.51. The number of piperidine rings is 1. The number of fused-ring (bicyclic) bond motifs is 2. The lowest BCUT2D eigenvalue weighted by Crippen LogP contribution is -2.53. The number of rotatable bonds is 4. The molecular weight excluding hydrogens is 451 g/mol. The zero-order valence-electron chi connectivity index (χ0n) is 14.5. The van der Waals surface area contributed by atoms with Gasteiger partial charge in [0, 0.05) is 27.0 Å². The first kappa shape index (κ1) is 18.9. The first-order valence-corrected chi connectivity index (χ1v) is 9.39. The summed E-state index contributed by atoms with van der Waals surface area (Å²) in [6, 6.07) is 5.10. The fourth-order valence-electron chi connectivity index (χ4n) is 3.96. The van der Waals surface area contributed by atoms with E-state index < -0.39 is 18.0 Å². The van der Waals surface area contributed by atoms with E-state index in [1.165, 1.54) is 7.11 Å².